The minimum Gasteiger partial charge on any atom is -0.394 e. The van der Waals surface area contributed by atoms with E-state index in [0.717, 1.165) is 18.7 Å². The highest BCUT2D eigenvalue weighted by Crippen LogP contribution is 2.25. The van der Waals surface area contributed by atoms with Gasteiger partial charge in [-0.3, -0.25) is 4.79 Å². The Balaban J connectivity index is 2.23. The topological polar surface area (TPSA) is 45.5 Å². The minimum absolute atomic E-state index is 0.0299. The molecule has 1 fully saturated rings. The Hall–Kier alpha value is -1.29. The van der Waals surface area contributed by atoms with Crippen molar-refractivity contribution in [2.75, 3.05) is 13.2 Å². The zero-order valence-electron chi connectivity index (χ0n) is 10.7. The summed E-state index contributed by atoms with van der Waals surface area (Å²) in [5.41, 5.74) is 1.77. The molecule has 1 aromatic heterocycles. The third kappa shape index (κ3) is 1.97. The number of hydrogen-bond acceptors (Lipinski definition) is 2. The van der Waals surface area contributed by atoms with E-state index in [4.69, 9.17) is 0 Å². The summed E-state index contributed by atoms with van der Waals surface area (Å²) in [4.78, 5) is 14.2. The lowest BCUT2D eigenvalue weighted by Gasteiger charge is -2.25. The van der Waals surface area contributed by atoms with Gasteiger partial charge in [0, 0.05) is 19.3 Å². The predicted molar refractivity (Wildman–Crippen MR) is 65.8 cm³/mol. The molecule has 17 heavy (non-hydrogen) atoms. The van der Waals surface area contributed by atoms with E-state index in [1.54, 1.807) is 4.90 Å². The lowest BCUT2D eigenvalue weighted by atomic mass is 10.0. The molecule has 4 heteroatoms. The zero-order valence-corrected chi connectivity index (χ0v) is 10.7. The average Bonchev–Trinajstić information content (AvgIpc) is 2.83. The Kier molecular flexibility index (Phi) is 3.24. The molecular weight excluding hydrogens is 216 g/mol. The maximum atomic E-state index is 12.4. The van der Waals surface area contributed by atoms with Crippen molar-refractivity contribution >= 4 is 5.91 Å². The van der Waals surface area contributed by atoms with E-state index in [1.165, 1.54) is 0 Å². The van der Waals surface area contributed by atoms with Crippen molar-refractivity contribution < 1.29 is 9.90 Å². The molecule has 4 nitrogen and oxygen atoms in total. The lowest BCUT2D eigenvalue weighted by Crippen LogP contribution is -2.40. The maximum absolute atomic E-state index is 12.4. The second-order valence-electron chi connectivity index (χ2n) is 4.93. The van der Waals surface area contributed by atoms with Gasteiger partial charge in [0.25, 0.3) is 5.91 Å². The maximum Gasteiger partial charge on any atom is 0.270 e. The summed E-state index contributed by atoms with van der Waals surface area (Å²) in [6, 6.07) is 3.77. The van der Waals surface area contributed by atoms with Crippen LogP contribution in [0.2, 0.25) is 0 Å². The van der Waals surface area contributed by atoms with E-state index >= 15 is 0 Å². The fraction of sp³-hybridized carbons (Fsp3) is 0.615. The summed E-state index contributed by atoms with van der Waals surface area (Å²) < 4.78 is 1.90. The van der Waals surface area contributed by atoms with Gasteiger partial charge in [-0.15, -0.1) is 0 Å². The van der Waals surface area contributed by atoms with Crippen molar-refractivity contribution in [3.63, 3.8) is 0 Å². The van der Waals surface area contributed by atoms with Crippen LogP contribution < -0.4 is 0 Å². The van der Waals surface area contributed by atoms with E-state index in [9.17, 15) is 9.90 Å². The Labute approximate surface area is 102 Å². The Bertz CT molecular complexity index is 425. The molecule has 0 bridgehead atoms. The van der Waals surface area contributed by atoms with Crippen LogP contribution in [0.3, 0.4) is 0 Å². The van der Waals surface area contributed by atoms with E-state index in [2.05, 4.69) is 6.92 Å². The van der Waals surface area contributed by atoms with Crippen molar-refractivity contribution in [3.05, 3.63) is 23.5 Å². The van der Waals surface area contributed by atoms with Crippen LogP contribution in [0.4, 0.5) is 0 Å². The third-order valence-electron chi connectivity index (χ3n) is 3.92. The number of aliphatic hydroxyl groups excluding tert-OH is 1. The first-order valence-corrected chi connectivity index (χ1v) is 6.10. The van der Waals surface area contributed by atoms with Gasteiger partial charge in [-0.25, -0.2) is 0 Å². The summed E-state index contributed by atoms with van der Waals surface area (Å²) in [5.74, 6) is 0.411. The molecule has 0 aromatic carbocycles. The van der Waals surface area contributed by atoms with Crippen LogP contribution in [-0.2, 0) is 7.05 Å². The highest BCUT2D eigenvalue weighted by Gasteiger charge is 2.35. The molecule has 2 heterocycles. The number of aryl methyl sites for hydroxylation is 1. The number of amides is 1. The van der Waals surface area contributed by atoms with Gasteiger partial charge in [0.05, 0.1) is 12.6 Å². The van der Waals surface area contributed by atoms with Crippen LogP contribution in [0, 0.1) is 12.8 Å². The standard InChI is InChI=1S/C13H20N2O2/c1-9-6-7-15(12(9)8-16)13(17)11-5-4-10(2)14(11)3/h4-5,9,12,16H,6-8H2,1-3H3. The van der Waals surface area contributed by atoms with Gasteiger partial charge in [0.15, 0.2) is 0 Å². The highest BCUT2D eigenvalue weighted by atomic mass is 16.3. The van der Waals surface area contributed by atoms with Gasteiger partial charge in [0.2, 0.25) is 0 Å². The quantitative estimate of drug-likeness (QED) is 0.838. The summed E-state index contributed by atoms with van der Waals surface area (Å²) in [6.45, 7) is 4.86. The number of hydrogen-bond donors (Lipinski definition) is 1. The third-order valence-corrected chi connectivity index (χ3v) is 3.92. The molecule has 0 radical (unpaired) electrons. The molecule has 1 aliphatic heterocycles. The van der Waals surface area contributed by atoms with Crippen LogP contribution in [0.25, 0.3) is 0 Å². The Morgan fingerprint density at radius 1 is 1.53 bits per heavy atom. The molecule has 94 valence electrons. The van der Waals surface area contributed by atoms with E-state index < -0.39 is 0 Å². The Morgan fingerprint density at radius 3 is 2.76 bits per heavy atom. The number of carbonyl (C=O) groups excluding carboxylic acids is 1. The molecule has 0 spiro atoms. The fourth-order valence-corrected chi connectivity index (χ4v) is 2.51. The molecule has 0 saturated carbocycles. The van der Waals surface area contributed by atoms with Gasteiger partial charge >= 0.3 is 0 Å². The van der Waals surface area contributed by atoms with Crippen molar-refractivity contribution in [2.24, 2.45) is 13.0 Å². The number of aromatic nitrogens is 1. The molecule has 1 aromatic rings. The van der Waals surface area contributed by atoms with Crippen LogP contribution in [-0.4, -0.2) is 39.7 Å². The molecular formula is C13H20N2O2. The van der Waals surface area contributed by atoms with Crippen LogP contribution in [0.1, 0.15) is 29.5 Å². The summed E-state index contributed by atoms with van der Waals surface area (Å²) in [7, 11) is 1.90. The number of nitrogens with zero attached hydrogens (tertiary/aromatic N) is 2. The lowest BCUT2D eigenvalue weighted by molar-refractivity contribution is 0.0638. The molecule has 0 aliphatic carbocycles. The minimum atomic E-state index is -0.0299. The van der Waals surface area contributed by atoms with E-state index in [-0.39, 0.29) is 18.6 Å². The van der Waals surface area contributed by atoms with Gasteiger partial charge in [0.1, 0.15) is 5.69 Å². The van der Waals surface area contributed by atoms with Crippen LogP contribution in [0.15, 0.2) is 12.1 Å². The number of aliphatic hydroxyl groups is 1. The SMILES string of the molecule is Cc1ccc(C(=O)N2CCC(C)C2CO)n1C. The van der Waals surface area contributed by atoms with Gasteiger partial charge < -0.3 is 14.6 Å². The Morgan fingerprint density at radius 2 is 2.24 bits per heavy atom. The first-order valence-electron chi connectivity index (χ1n) is 6.10. The van der Waals surface area contributed by atoms with Gasteiger partial charge in [-0.2, -0.15) is 0 Å². The largest absolute Gasteiger partial charge is 0.394 e. The number of carbonyl (C=O) groups is 1. The van der Waals surface area contributed by atoms with Crippen LogP contribution >= 0.6 is 0 Å². The highest BCUT2D eigenvalue weighted by molar-refractivity contribution is 5.93. The van der Waals surface area contributed by atoms with Crippen molar-refractivity contribution in [2.45, 2.75) is 26.3 Å². The van der Waals surface area contributed by atoms with Gasteiger partial charge in [-0.1, -0.05) is 6.92 Å². The van der Waals surface area contributed by atoms with Crippen molar-refractivity contribution in [3.8, 4) is 0 Å². The predicted octanol–water partition coefficient (Wildman–Crippen LogP) is 1.18. The van der Waals surface area contributed by atoms with Crippen LogP contribution in [0.5, 0.6) is 0 Å². The molecule has 1 saturated heterocycles. The van der Waals surface area contributed by atoms with E-state index in [1.807, 2.05) is 30.7 Å². The molecule has 1 aliphatic rings. The van der Waals surface area contributed by atoms with Crippen molar-refractivity contribution in [1.29, 1.82) is 0 Å². The number of rotatable bonds is 2. The molecule has 1 N–H and O–H groups in total. The zero-order chi connectivity index (χ0) is 12.6. The first-order chi connectivity index (χ1) is 8.06. The summed E-state index contributed by atoms with van der Waals surface area (Å²) in [6.07, 6.45) is 0.973. The molecule has 2 rings (SSSR count). The first kappa shape index (κ1) is 12.2. The average molecular weight is 236 g/mol. The number of likely N-dealkylation sites (tertiary alicyclic amines) is 1. The fourth-order valence-electron chi connectivity index (χ4n) is 2.51. The molecule has 2 unspecified atom stereocenters. The summed E-state index contributed by atoms with van der Waals surface area (Å²) in [5, 5.41) is 9.38. The van der Waals surface area contributed by atoms with Gasteiger partial charge in [-0.05, 0) is 31.4 Å². The molecule has 1 amide bonds. The van der Waals surface area contributed by atoms with E-state index in [0.29, 0.717) is 11.6 Å². The second kappa shape index (κ2) is 4.53. The summed E-state index contributed by atoms with van der Waals surface area (Å²) >= 11 is 0. The normalized spacial score (nSPS) is 24.4. The monoisotopic (exact) mass is 236 g/mol. The smallest absolute Gasteiger partial charge is 0.270 e. The molecule has 2 atom stereocenters. The van der Waals surface area contributed by atoms with Crippen molar-refractivity contribution in [1.82, 2.24) is 9.47 Å². The second-order valence-corrected chi connectivity index (χ2v) is 4.93.